The molecule has 3 aromatic carbocycles. The summed E-state index contributed by atoms with van der Waals surface area (Å²) in [6.45, 7) is 3.99. The molecule has 1 heterocycles. The molecule has 4 rings (SSSR count). The van der Waals surface area contributed by atoms with Gasteiger partial charge in [-0.3, -0.25) is 9.89 Å². The molecule has 0 spiro atoms. The molecule has 31 heavy (non-hydrogen) atoms. The molecular formula is C23H22N4O3S. The van der Waals surface area contributed by atoms with Gasteiger partial charge >= 0.3 is 0 Å². The van der Waals surface area contributed by atoms with Gasteiger partial charge in [0.2, 0.25) is 15.9 Å². The van der Waals surface area contributed by atoms with Gasteiger partial charge < -0.3 is 5.32 Å². The minimum Gasteiger partial charge on any atom is -0.326 e. The molecule has 0 unspecified atom stereocenters. The van der Waals surface area contributed by atoms with E-state index in [1.807, 2.05) is 44.2 Å². The standard InChI is InChI=1S/C23H22N4O3S/c1-14-5-3-6-15(2)19(14)13-22(28)25-17-9-10-21-20(12-17)23(27-26-21)16-7-4-8-18(11-16)31(24,29)30/h3-12H,13H2,1-2H3,(H,25,28)(H,26,27)(H2,24,29,30). The second-order valence-electron chi connectivity index (χ2n) is 7.50. The van der Waals surface area contributed by atoms with Crippen molar-refractivity contribution in [2.45, 2.75) is 25.2 Å². The zero-order valence-electron chi connectivity index (χ0n) is 17.1. The first-order chi connectivity index (χ1) is 14.7. The molecular weight excluding hydrogens is 412 g/mol. The zero-order chi connectivity index (χ0) is 22.2. The van der Waals surface area contributed by atoms with E-state index in [1.165, 1.54) is 12.1 Å². The molecule has 4 aromatic rings. The lowest BCUT2D eigenvalue weighted by atomic mass is 10.00. The molecule has 0 bridgehead atoms. The molecule has 7 nitrogen and oxygen atoms in total. The van der Waals surface area contributed by atoms with Crippen LogP contribution in [0.4, 0.5) is 5.69 Å². The molecule has 4 N–H and O–H groups in total. The van der Waals surface area contributed by atoms with Crippen molar-refractivity contribution in [2.75, 3.05) is 5.32 Å². The van der Waals surface area contributed by atoms with Gasteiger partial charge in [0.1, 0.15) is 5.69 Å². The monoisotopic (exact) mass is 434 g/mol. The van der Waals surface area contributed by atoms with Crippen molar-refractivity contribution >= 4 is 32.5 Å². The first-order valence-corrected chi connectivity index (χ1v) is 11.2. The number of rotatable bonds is 5. The van der Waals surface area contributed by atoms with Crippen molar-refractivity contribution in [3.63, 3.8) is 0 Å². The van der Waals surface area contributed by atoms with E-state index in [1.54, 1.807) is 18.2 Å². The molecule has 0 aliphatic heterocycles. The SMILES string of the molecule is Cc1cccc(C)c1CC(=O)Nc1ccc2[nH]nc(-c3cccc(S(N)(=O)=O)c3)c2c1. The minimum atomic E-state index is -3.83. The molecule has 0 saturated carbocycles. The molecule has 0 fully saturated rings. The third-order valence-corrected chi connectivity index (χ3v) is 6.18. The van der Waals surface area contributed by atoms with Crippen LogP contribution in [0.5, 0.6) is 0 Å². The number of nitrogens with two attached hydrogens (primary N) is 1. The van der Waals surface area contributed by atoms with Gasteiger partial charge in [0.05, 0.1) is 16.8 Å². The average molecular weight is 435 g/mol. The van der Waals surface area contributed by atoms with Crippen LogP contribution in [0.1, 0.15) is 16.7 Å². The van der Waals surface area contributed by atoms with Crippen molar-refractivity contribution in [3.8, 4) is 11.3 Å². The summed E-state index contributed by atoms with van der Waals surface area (Å²) < 4.78 is 23.4. The van der Waals surface area contributed by atoms with Crippen molar-refractivity contribution in [1.82, 2.24) is 10.2 Å². The molecule has 1 aromatic heterocycles. The van der Waals surface area contributed by atoms with Crippen molar-refractivity contribution in [1.29, 1.82) is 0 Å². The number of carbonyl (C=O) groups excluding carboxylic acids is 1. The smallest absolute Gasteiger partial charge is 0.238 e. The van der Waals surface area contributed by atoms with E-state index in [2.05, 4.69) is 15.5 Å². The van der Waals surface area contributed by atoms with Crippen LogP contribution in [-0.2, 0) is 21.2 Å². The number of hydrogen-bond donors (Lipinski definition) is 3. The number of carbonyl (C=O) groups is 1. The molecule has 1 amide bonds. The van der Waals surface area contributed by atoms with Gasteiger partial charge in [-0.2, -0.15) is 5.10 Å². The van der Waals surface area contributed by atoms with E-state index in [4.69, 9.17) is 5.14 Å². The number of aryl methyl sites for hydroxylation is 2. The predicted octanol–water partition coefficient (Wildman–Crippen LogP) is 3.68. The third kappa shape index (κ3) is 4.35. The fourth-order valence-electron chi connectivity index (χ4n) is 3.63. The van der Waals surface area contributed by atoms with Crippen molar-refractivity contribution in [3.05, 3.63) is 77.4 Å². The summed E-state index contributed by atoms with van der Waals surface area (Å²) in [7, 11) is -3.83. The summed E-state index contributed by atoms with van der Waals surface area (Å²) in [5.41, 5.74) is 5.76. The molecule has 0 aliphatic carbocycles. The maximum Gasteiger partial charge on any atom is 0.238 e. The van der Waals surface area contributed by atoms with Crippen LogP contribution in [-0.4, -0.2) is 24.5 Å². The largest absolute Gasteiger partial charge is 0.326 e. The fraction of sp³-hybridized carbons (Fsp3) is 0.130. The molecule has 0 saturated heterocycles. The highest BCUT2D eigenvalue weighted by molar-refractivity contribution is 7.89. The highest BCUT2D eigenvalue weighted by Gasteiger charge is 2.14. The van der Waals surface area contributed by atoms with E-state index >= 15 is 0 Å². The van der Waals surface area contributed by atoms with Crippen LogP contribution in [0.25, 0.3) is 22.2 Å². The summed E-state index contributed by atoms with van der Waals surface area (Å²) in [6.07, 6.45) is 0.283. The number of aromatic nitrogens is 2. The topological polar surface area (TPSA) is 118 Å². The summed E-state index contributed by atoms with van der Waals surface area (Å²) in [6, 6.07) is 17.7. The number of anilines is 1. The first kappa shape index (κ1) is 20.8. The minimum absolute atomic E-state index is 0.0132. The summed E-state index contributed by atoms with van der Waals surface area (Å²) in [4.78, 5) is 12.7. The lowest BCUT2D eigenvalue weighted by molar-refractivity contribution is -0.115. The number of benzene rings is 3. The number of aromatic amines is 1. The molecule has 0 atom stereocenters. The Hall–Kier alpha value is -3.49. The Morgan fingerprint density at radius 3 is 2.45 bits per heavy atom. The van der Waals surface area contributed by atoms with Crippen molar-refractivity contribution in [2.24, 2.45) is 5.14 Å². The quantitative estimate of drug-likeness (QED) is 0.444. The molecule has 0 aliphatic rings. The van der Waals surface area contributed by atoms with Gasteiger partial charge in [-0.1, -0.05) is 30.3 Å². The lowest BCUT2D eigenvalue weighted by Crippen LogP contribution is -2.15. The Labute approximate surface area is 180 Å². The van der Waals surface area contributed by atoms with E-state index in [9.17, 15) is 13.2 Å². The average Bonchev–Trinajstić information content (AvgIpc) is 3.13. The number of nitrogens with one attached hydrogen (secondary N) is 2. The molecule has 8 heteroatoms. The number of amides is 1. The molecule has 0 radical (unpaired) electrons. The Kier molecular flexibility index (Phi) is 5.34. The second kappa shape index (κ2) is 7.98. The normalized spacial score (nSPS) is 11.6. The van der Waals surface area contributed by atoms with Gasteiger partial charge in [0.25, 0.3) is 0 Å². The maximum atomic E-state index is 12.7. The van der Waals surface area contributed by atoms with Crippen LogP contribution < -0.4 is 10.5 Å². The summed E-state index contributed by atoms with van der Waals surface area (Å²) in [5.74, 6) is -0.113. The van der Waals surface area contributed by atoms with Crippen LogP contribution in [0, 0.1) is 13.8 Å². The van der Waals surface area contributed by atoms with E-state index < -0.39 is 10.0 Å². The Morgan fingerprint density at radius 2 is 1.74 bits per heavy atom. The van der Waals surface area contributed by atoms with Crippen LogP contribution in [0.15, 0.2) is 65.6 Å². The van der Waals surface area contributed by atoms with Crippen LogP contribution >= 0.6 is 0 Å². The first-order valence-electron chi connectivity index (χ1n) is 9.69. The number of nitrogens with zero attached hydrogens (tertiary/aromatic N) is 1. The fourth-order valence-corrected chi connectivity index (χ4v) is 4.19. The Bertz CT molecular complexity index is 1390. The second-order valence-corrected chi connectivity index (χ2v) is 9.06. The number of hydrogen-bond acceptors (Lipinski definition) is 4. The third-order valence-electron chi connectivity index (χ3n) is 5.26. The van der Waals surface area contributed by atoms with Gasteiger partial charge in [-0.15, -0.1) is 0 Å². The Morgan fingerprint density at radius 1 is 1.03 bits per heavy atom. The van der Waals surface area contributed by atoms with Gasteiger partial charge in [0, 0.05) is 16.6 Å². The van der Waals surface area contributed by atoms with Crippen LogP contribution in [0.2, 0.25) is 0 Å². The summed E-state index contributed by atoms with van der Waals surface area (Å²) in [5, 5.41) is 16.2. The van der Waals surface area contributed by atoms with Gasteiger partial charge in [-0.25, -0.2) is 13.6 Å². The predicted molar refractivity (Wildman–Crippen MR) is 121 cm³/mol. The Balaban J connectivity index is 1.64. The molecule has 158 valence electrons. The van der Waals surface area contributed by atoms with Gasteiger partial charge in [-0.05, 0) is 60.9 Å². The van der Waals surface area contributed by atoms with E-state index in [0.717, 1.165) is 27.6 Å². The zero-order valence-corrected chi connectivity index (χ0v) is 18.0. The van der Waals surface area contributed by atoms with Crippen molar-refractivity contribution < 1.29 is 13.2 Å². The van der Waals surface area contributed by atoms with E-state index in [-0.39, 0.29) is 17.2 Å². The summed E-state index contributed by atoms with van der Waals surface area (Å²) >= 11 is 0. The van der Waals surface area contributed by atoms with Gasteiger partial charge in [0.15, 0.2) is 0 Å². The van der Waals surface area contributed by atoms with Crippen LogP contribution in [0.3, 0.4) is 0 Å². The highest BCUT2D eigenvalue weighted by Crippen LogP contribution is 2.29. The maximum absolute atomic E-state index is 12.7. The number of primary sulfonamides is 1. The van der Waals surface area contributed by atoms with E-state index in [0.29, 0.717) is 16.9 Å². The number of fused-ring (bicyclic) bond motifs is 1. The highest BCUT2D eigenvalue weighted by atomic mass is 32.2. The lowest BCUT2D eigenvalue weighted by Gasteiger charge is -2.10. The number of sulfonamides is 1. The number of H-pyrrole nitrogens is 1.